The van der Waals surface area contributed by atoms with Crippen molar-refractivity contribution < 1.29 is 15.0 Å². The molecule has 19 heavy (non-hydrogen) atoms. The zero-order chi connectivity index (χ0) is 14.0. The predicted molar refractivity (Wildman–Crippen MR) is 78.9 cm³/mol. The van der Waals surface area contributed by atoms with Crippen LogP contribution >= 0.6 is 31.9 Å². The molecule has 0 saturated heterocycles. The fraction of sp³-hybridized carbons (Fsp3) is 0.0714. The van der Waals surface area contributed by atoms with E-state index in [9.17, 15) is 15.0 Å². The summed E-state index contributed by atoms with van der Waals surface area (Å²) in [6.45, 7) is 0. The molecule has 0 aliphatic heterocycles. The Hall–Kier alpha value is -1.17. The maximum absolute atomic E-state index is 11.6. The summed E-state index contributed by atoms with van der Waals surface area (Å²) in [5.41, 5.74) is -1.54. The van der Waals surface area contributed by atoms with Crippen LogP contribution in [0.25, 0.3) is 0 Å². The molecule has 3 nitrogen and oxygen atoms in total. The van der Waals surface area contributed by atoms with Crippen LogP contribution in [0.3, 0.4) is 0 Å². The molecule has 0 fully saturated rings. The Labute approximate surface area is 127 Å². The quantitative estimate of drug-likeness (QED) is 0.849. The van der Waals surface area contributed by atoms with Crippen LogP contribution in [0.4, 0.5) is 0 Å². The molecule has 0 radical (unpaired) electrons. The van der Waals surface area contributed by atoms with Gasteiger partial charge in [-0.2, -0.15) is 0 Å². The third kappa shape index (κ3) is 2.45. The highest BCUT2D eigenvalue weighted by atomic mass is 79.9. The van der Waals surface area contributed by atoms with Crippen molar-refractivity contribution in [3.8, 4) is 0 Å². The molecule has 98 valence electrons. The maximum atomic E-state index is 11.6. The fourth-order valence-corrected chi connectivity index (χ4v) is 3.03. The van der Waals surface area contributed by atoms with Crippen LogP contribution in [-0.2, 0) is 10.4 Å². The topological polar surface area (TPSA) is 57.5 Å². The van der Waals surface area contributed by atoms with Gasteiger partial charge in [0.25, 0.3) is 0 Å². The fourth-order valence-electron chi connectivity index (χ4n) is 1.88. The second-order valence-corrected chi connectivity index (χ2v) is 5.68. The van der Waals surface area contributed by atoms with Crippen LogP contribution in [-0.4, -0.2) is 16.2 Å². The first-order chi connectivity index (χ1) is 8.98. The number of carboxylic acid groups (broad SMARTS) is 1. The first-order valence-electron chi connectivity index (χ1n) is 5.43. The summed E-state index contributed by atoms with van der Waals surface area (Å²) in [4.78, 5) is 11.6. The lowest BCUT2D eigenvalue weighted by Gasteiger charge is -2.26. The number of aliphatic carboxylic acids is 1. The van der Waals surface area contributed by atoms with Gasteiger partial charge in [0, 0.05) is 20.1 Å². The Balaban J connectivity index is 2.73. The van der Waals surface area contributed by atoms with E-state index in [-0.39, 0.29) is 11.1 Å². The minimum Gasteiger partial charge on any atom is -0.479 e. The molecule has 0 atom stereocenters. The molecule has 0 heterocycles. The number of carboxylic acids is 1. The van der Waals surface area contributed by atoms with Crippen LogP contribution in [0.1, 0.15) is 11.1 Å². The van der Waals surface area contributed by atoms with Crippen molar-refractivity contribution in [1.29, 1.82) is 0 Å². The SMILES string of the molecule is O=C(O)C(O)(c1ccccc1Br)c1ccccc1Br. The summed E-state index contributed by atoms with van der Waals surface area (Å²) in [7, 11) is 0. The van der Waals surface area contributed by atoms with Crippen molar-refractivity contribution in [2.45, 2.75) is 5.60 Å². The number of benzene rings is 2. The lowest BCUT2D eigenvalue weighted by atomic mass is 9.86. The number of rotatable bonds is 3. The van der Waals surface area contributed by atoms with Crippen LogP contribution in [0.2, 0.25) is 0 Å². The van der Waals surface area contributed by atoms with E-state index in [2.05, 4.69) is 31.9 Å². The molecule has 0 aliphatic rings. The van der Waals surface area contributed by atoms with E-state index in [1.54, 1.807) is 48.5 Å². The molecular formula is C14H10Br2O3. The lowest BCUT2D eigenvalue weighted by Crippen LogP contribution is -2.37. The molecule has 0 saturated carbocycles. The highest BCUT2D eigenvalue weighted by Gasteiger charge is 2.42. The van der Waals surface area contributed by atoms with E-state index in [1.807, 2.05) is 0 Å². The normalized spacial score (nSPS) is 11.3. The molecule has 0 aliphatic carbocycles. The summed E-state index contributed by atoms with van der Waals surface area (Å²) in [6.07, 6.45) is 0. The number of carbonyl (C=O) groups is 1. The Bertz CT molecular complexity index is 580. The van der Waals surface area contributed by atoms with Crippen LogP contribution < -0.4 is 0 Å². The van der Waals surface area contributed by atoms with Gasteiger partial charge in [-0.15, -0.1) is 0 Å². The minimum atomic E-state index is -2.11. The summed E-state index contributed by atoms with van der Waals surface area (Å²) < 4.78 is 1.08. The summed E-state index contributed by atoms with van der Waals surface area (Å²) in [6, 6.07) is 13.4. The minimum absolute atomic E-state index is 0.286. The van der Waals surface area contributed by atoms with Gasteiger partial charge in [-0.25, -0.2) is 4.79 Å². The van der Waals surface area contributed by atoms with Gasteiger partial charge in [0.05, 0.1) is 0 Å². The molecule has 2 rings (SSSR count). The van der Waals surface area contributed by atoms with Gasteiger partial charge in [0.15, 0.2) is 0 Å². The van der Waals surface area contributed by atoms with E-state index in [0.717, 1.165) is 0 Å². The average Bonchev–Trinajstić information content (AvgIpc) is 2.38. The van der Waals surface area contributed by atoms with Gasteiger partial charge in [0.1, 0.15) is 0 Å². The highest BCUT2D eigenvalue weighted by molar-refractivity contribution is 9.10. The Morgan fingerprint density at radius 1 is 0.895 bits per heavy atom. The van der Waals surface area contributed by atoms with Crippen molar-refractivity contribution in [3.05, 3.63) is 68.6 Å². The molecular weight excluding hydrogens is 376 g/mol. The van der Waals surface area contributed by atoms with E-state index in [1.165, 1.54) is 0 Å². The number of hydrogen-bond donors (Lipinski definition) is 2. The molecule has 2 N–H and O–H groups in total. The van der Waals surface area contributed by atoms with Gasteiger partial charge in [0.2, 0.25) is 5.60 Å². The molecule has 0 spiro atoms. The van der Waals surface area contributed by atoms with Gasteiger partial charge >= 0.3 is 5.97 Å². The highest BCUT2D eigenvalue weighted by Crippen LogP contribution is 2.38. The Morgan fingerprint density at radius 3 is 1.58 bits per heavy atom. The molecule has 2 aromatic rings. The van der Waals surface area contributed by atoms with E-state index in [0.29, 0.717) is 8.95 Å². The zero-order valence-electron chi connectivity index (χ0n) is 9.68. The standard InChI is InChI=1S/C14H10Br2O3/c15-11-7-3-1-5-9(11)14(19,13(17)18)10-6-2-4-8-12(10)16/h1-8,19H,(H,17,18). The number of aliphatic hydroxyl groups is 1. The zero-order valence-corrected chi connectivity index (χ0v) is 12.8. The van der Waals surface area contributed by atoms with Gasteiger partial charge in [-0.05, 0) is 12.1 Å². The van der Waals surface area contributed by atoms with Crippen molar-refractivity contribution >= 4 is 37.8 Å². The summed E-state index contributed by atoms with van der Waals surface area (Å²) in [5, 5.41) is 20.2. The Morgan fingerprint density at radius 2 is 1.26 bits per heavy atom. The molecule has 0 bridgehead atoms. The van der Waals surface area contributed by atoms with Crippen molar-refractivity contribution in [3.63, 3.8) is 0 Å². The average molecular weight is 386 g/mol. The first kappa shape index (κ1) is 14.2. The van der Waals surface area contributed by atoms with E-state index >= 15 is 0 Å². The third-order valence-corrected chi connectivity index (χ3v) is 4.22. The Kier molecular flexibility index (Phi) is 4.08. The van der Waals surface area contributed by atoms with Crippen molar-refractivity contribution in [2.24, 2.45) is 0 Å². The second kappa shape index (κ2) is 5.45. The van der Waals surface area contributed by atoms with Gasteiger partial charge in [-0.1, -0.05) is 68.3 Å². The molecule has 5 heteroatoms. The van der Waals surface area contributed by atoms with Crippen LogP contribution in [0.5, 0.6) is 0 Å². The largest absolute Gasteiger partial charge is 0.479 e. The maximum Gasteiger partial charge on any atom is 0.345 e. The van der Waals surface area contributed by atoms with Crippen LogP contribution in [0.15, 0.2) is 57.5 Å². The number of halogens is 2. The molecule has 0 aromatic heterocycles. The van der Waals surface area contributed by atoms with Crippen molar-refractivity contribution in [2.75, 3.05) is 0 Å². The van der Waals surface area contributed by atoms with Crippen LogP contribution in [0, 0.1) is 0 Å². The number of hydrogen-bond acceptors (Lipinski definition) is 2. The predicted octanol–water partition coefficient (Wildman–Crippen LogP) is 3.53. The molecule has 0 amide bonds. The van der Waals surface area contributed by atoms with Gasteiger partial charge in [-0.3, -0.25) is 0 Å². The van der Waals surface area contributed by atoms with E-state index < -0.39 is 11.6 Å². The van der Waals surface area contributed by atoms with Crippen molar-refractivity contribution in [1.82, 2.24) is 0 Å². The summed E-state index contributed by atoms with van der Waals surface area (Å²) in [5.74, 6) is -1.33. The van der Waals surface area contributed by atoms with E-state index in [4.69, 9.17) is 0 Å². The molecule has 2 aromatic carbocycles. The lowest BCUT2D eigenvalue weighted by molar-refractivity contribution is -0.155. The monoisotopic (exact) mass is 384 g/mol. The van der Waals surface area contributed by atoms with Gasteiger partial charge < -0.3 is 10.2 Å². The first-order valence-corrected chi connectivity index (χ1v) is 7.02. The summed E-state index contributed by atoms with van der Waals surface area (Å²) >= 11 is 6.57. The second-order valence-electron chi connectivity index (χ2n) is 3.98. The smallest absolute Gasteiger partial charge is 0.345 e. The molecule has 0 unspecified atom stereocenters. The third-order valence-electron chi connectivity index (χ3n) is 2.84.